The lowest BCUT2D eigenvalue weighted by atomic mass is 9.85. The Bertz CT molecular complexity index is 1030. The largest absolute Gasteiger partial charge is 0.444 e. The number of piperidine rings is 1. The summed E-state index contributed by atoms with van der Waals surface area (Å²) in [7, 11) is 0. The summed E-state index contributed by atoms with van der Waals surface area (Å²) >= 11 is 12.9. The van der Waals surface area contributed by atoms with Crippen molar-refractivity contribution < 1.29 is 28.7 Å². The van der Waals surface area contributed by atoms with Gasteiger partial charge >= 0.3 is 6.09 Å². The molecule has 1 saturated heterocycles. The minimum absolute atomic E-state index is 0.0878. The molecule has 2 rings (SSSR count). The number of rotatable bonds is 12. The van der Waals surface area contributed by atoms with Crippen molar-refractivity contribution >= 4 is 52.8 Å². The van der Waals surface area contributed by atoms with E-state index in [4.69, 9.17) is 27.9 Å². The van der Waals surface area contributed by atoms with Crippen LogP contribution in [-0.4, -0.2) is 75.6 Å². The monoisotopic (exact) mass is 600 g/mol. The Labute approximate surface area is 246 Å². The molecule has 0 aromatic heterocycles. The molecule has 1 saturated carbocycles. The molecule has 0 aromatic rings. The molecular formula is C28H42Cl2N4O6. The highest BCUT2D eigenvalue weighted by molar-refractivity contribution is 6.51. The number of Topliss-reactive ketones (excluding diaryl/α,β-unsaturated/α-hetero) is 1. The molecule has 224 valence electrons. The van der Waals surface area contributed by atoms with Gasteiger partial charge in [-0.15, -0.1) is 36.4 Å². The predicted molar refractivity (Wildman–Crippen MR) is 154 cm³/mol. The lowest BCUT2D eigenvalue weighted by Crippen LogP contribution is -2.61. The number of carbonyl (C=O) groups excluding carboxylic acids is 5. The van der Waals surface area contributed by atoms with Gasteiger partial charge in [-0.1, -0.05) is 32.9 Å². The summed E-state index contributed by atoms with van der Waals surface area (Å²) in [5.41, 5.74) is -1.53. The number of ether oxygens (including phenoxy) is 1. The third-order valence-corrected chi connectivity index (χ3v) is 7.87. The average molecular weight is 602 g/mol. The molecule has 12 heteroatoms. The molecule has 2 aliphatic rings. The van der Waals surface area contributed by atoms with Crippen LogP contribution in [0.1, 0.15) is 60.8 Å². The molecule has 1 aliphatic heterocycles. The second-order valence-corrected chi connectivity index (χ2v) is 13.8. The third-order valence-electron chi connectivity index (χ3n) is 6.81. The molecule has 0 radical (unpaired) electrons. The van der Waals surface area contributed by atoms with Gasteiger partial charge in [0.2, 0.25) is 17.6 Å². The van der Waals surface area contributed by atoms with Crippen molar-refractivity contribution in [3.63, 3.8) is 0 Å². The highest BCUT2D eigenvalue weighted by Gasteiger charge is 2.74. The number of halogens is 2. The number of ketones is 1. The summed E-state index contributed by atoms with van der Waals surface area (Å²) in [4.78, 5) is 66.8. The molecule has 5 atom stereocenters. The van der Waals surface area contributed by atoms with E-state index in [0.29, 0.717) is 12.8 Å². The van der Waals surface area contributed by atoms with Gasteiger partial charge in [-0.05, 0) is 45.4 Å². The van der Waals surface area contributed by atoms with Crippen molar-refractivity contribution in [2.75, 3.05) is 13.1 Å². The van der Waals surface area contributed by atoms with Crippen molar-refractivity contribution in [2.24, 2.45) is 17.3 Å². The number of alkyl halides is 2. The summed E-state index contributed by atoms with van der Waals surface area (Å²) in [6, 6.07) is -3.30. The summed E-state index contributed by atoms with van der Waals surface area (Å²) in [5, 5.41) is 7.81. The van der Waals surface area contributed by atoms with E-state index < -0.39 is 69.0 Å². The van der Waals surface area contributed by atoms with E-state index >= 15 is 0 Å². The molecule has 3 N–H and O–H groups in total. The first-order chi connectivity index (χ1) is 18.4. The van der Waals surface area contributed by atoms with Crippen LogP contribution in [0.5, 0.6) is 0 Å². The molecule has 1 unspecified atom stereocenters. The maximum atomic E-state index is 13.9. The van der Waals surface area contributed by atoms with Crippen molar-refractivity contribution in [3.8, 4) is 0 Å². The van der Waals surface area contributed by atoms with Crippen molar-refractivity contribution in [1.82, 2.24) is 20.9 Å². The first kappa shape index (κ1) is 33.6. The molecule has 2 fully saturated rings. The lowest BCUT2D eigenvalue weighted by Gasteiger charge is -2.37. The van der Waals surface area contributed by atoms with Crippen LogP contribution >= 0.6 is 23.2 Å². The van der Waals surface area contributed by atoms with Crippen LogP contribution in [0.2, 0.25) is 0 Å². The molecular weight excluding hydrogens is 559 g/mol. The standard InChI is InChI=1S/C28H42Cl2N4O6/c1-9-11-13-17(20(35)23(37)31-14-12-10-2)32-22(36)19-18-16(28(18,29)30)15-34(19)24(38)21(26(3,4)5)33-25(39)40-27(6,7)8/h9-10,16-19,21H,1-2,11-15H2,3-8H3,(H,31,37)(H,32,36)(H,33,39)/t16-,17?,18-,19-,21+/m0/s1. The quantitative estimate of drug-likeness (QED) is 0.136. The van der Waals surface area contributed by atoms with Crippen LogP contribution in [0, 0.1) is 17.3 Å². The zero-order valence-corrected chi connectivity index (χ0v) is 25.7. The summed E-state index contributed by atoms with van der Waals surface area (Å²) < 4.78 is 4.13. The Morgan fingerprint density at radius 2 is 1.62 bits per heavy atom. The maximum absolute atomic E-state index is 13.9. The Balaban J connectivity index is 2.30. The average Bonchev–Trinajstić information content (AvgIpc) is 3.15. The van der Waals surface area contributed by atoms with Crippen LogP contribution in [0.4, 0.5) is 4.79 Å². The Morgan fingerprint density at radius 1 is 1.02 bits per heavy atom. The highest BCUT2D eigenvalue weighted by Crippen LogP contribution is 2.65. The van der Waals surface area contributed by atoms with E-state index in [-0.39, 0.29) is 25.4 Å². The van der Waals surface area contributed by atoms with Crippen LogP contribution in [0.15, 0.2) is 25.3 Å². The first-order valence-electron chi connectivity index (χ1n) is 13.4. The zero-order valence-electron chi connectivity index (χ0n) is 24.1. The smallest absolute Gasteiger partial charge is 0.408 e. The second-order valence-electron chi connectivity index (χ2n) is 12.3. The minimum Gasteiger partial charge on any atom is -0.444 e. The van der Waals surface area contributed by atoms with E-state index in [0.717, 1.165) is 0 Å². The van der Waals surface area contributed by atoms with Crippen LogP contribution < -0.4 is 16.0 Å². The van der Waals surface area contributed by atoms with E-state index in [9.17, 15) is 24.0 Å². The van der Waals surface area contributed by atoms with Gasteiger partial charge in [0.25, 0.3) is 5.91 Å². The van der Waals surface area contributed by atoms with Gasteiger partial charge in [-0.25, -0.2) is 4.79 Å². The Hall–Kier alpha value is -2.59. The molecule has 0 aromatic carbocycles. The maximum Gasteiger partial charge on any atom is 0.408 e. The molecule has 40 heavy (non-hydrogen) atoms. The van der Waals surface area contributed by atoms with Gasteiger partial charge in [0.1, 0.15) is 22.0 Å². The Morgan fingerprint density at radius 3 is 2.15 bits per heavy atom. The second kappa shape index (κ2) is 12.9. The molecule has 0 spiro atoms. The number of alkyl carbamates (subject to hydrolysis) is 1. The van der Waals surface area contributed by atoms with Crippen molar-refractivity contribution in [2.45, 2.75) is 88.9 Å². The van der Waals surface area contributed by atoms with Crippen LogP contribution in [0.25, 0.3) is 0 Å². The summed E-state index contributed by atoms with van der Waals surface area (Å²) in [5.74, 6) is -3.77. The number of carbonyl (C=O) groups is 5. The van der Waals surface area contributed by atoms with Gasteiger partial charge in [-0.3, -0.25) is 19.2 Å². The number of hydrogen-bond acceptors (Lipinski definition) is 6. The number of nitrogens with zero attached hydrogens (tertiary/aromatic N) is 1. The van der Waals surface area contributed by atoms with E-state index in [2.05, 4.69) is 29.1 Å². The molecule has 0 bridgehead atoms. The van der Waals surface area contributed by atoms with Crippen molar-refractivity contribution in [1.29, 1.82) is 0 Å². The van der Waals surface area contributed by atoms with Gasteiger partial charge < -0.3 is 25.6 Å². The zero-order chi connectivity index (χ0) is 30.6. The number of nitrogens with one attached hydrogen (secondary N) is 3. The van der Waals surface area contributed by atoms with Gasteiger partial charge in [0.15, 0.2) is 0 Å². The van der Waals surface area contributed by atoms with Gasteiger partial charge in [0.05, 0.1) is 6.04 Å². The predicted octanol–water partition coefficient (Wildman–Crippen LogP) is 3.27. The minimum atomic E-state index is -1.22. The first-order valence-corrected chi connectivity index (χ1v) is 14.1. The molecule has 10 nitrogen and oxygen atoms in total. The fraction of sp³-hybridized carbons (Fsp3) is 0.679. The summed E-state index contributed by atoms with van der Waals surface area (Å²) in [6.45, 7) is 18.0. The number of fused-ring (bicyclic) bond motifs is 1. The Kier molecular flexibility index (Phi) is 10.9. The van der Waals surface area contributed by atoms with E-state index in [1.807, 2.05) is 0 Å². The SMILES string of the molecule is C=CCCNC(=O)C(=O)C(CCC=C)NC(=O)[C@@H]1[C@@H]2[C@H](CN1C(=O)[C@@H](NC(=O)OC(C)(C)C)C(C)(C)C)C2(Cl)Cl. The topological polar surface area (TPSA) is 134 Å². The number of amides is 4. The number of hydrogen-bond donors (Lipinski definition) is 3. The molecule has 1 aliphatic carbocycles. The van der Waals surface area contributed by atoms with Crippen LogP contribution in [0.3, 0.4) is 0 Å². The van der Waals surface area contributed by atoms with E-state index in [1.54, 1.807) is 53.7 Å². The fourth-order valence-electron chi connectivity index (χ4n) is 4.72. The van der Waals surface area contributed by atoms with Gasteiger partial charge in [0, 0.05) is 24.9 Å². The van der Waals surface area contributed by atoms with Crippen LogP contribution in [-0.2, 0) is 23.9 Å². The summed E-state index contributed by atoms with van der Waals surface area (Å²) in [6.07, 6.45) is 3.37. The highest BCUT2D eigenvalue weighted by atomic mass is 35.5. The number of likely N-dealkylation sites (tertiary alicyclic amines) is 1. The van der Waals surface area contributed by atoms with E-state index in [1.165, 1.54) is 4.90 Å². The normalized spacial score (nSPS) is 22.7. The van der Waals surface area contributed by atoms with Gasteiger partial charge in [-0.2, -0.15) is 0 Å². The fourth-order valence-corrected chi connectivity index (χ4v) is 5.54. The molecule has 4 amide bonds. The lowest BCUT2D eigenvalue weighted by molar-refractivity contribution is -0.145. The third kappa shape index (κ3) is 8.22. The number of allylic oxidation sites excluding steroid dienone is 1. The molecule has 1 heterocycles. The van der Waals surface area contributed by atoms with Crippen molar-refractivity contribution in [3.05, 3.63) is 25.3 Å².